The van der Waals surface area contributed by atoms with Gasteiger partial charge in [-0.1, -0.05) is 0 Å². The second-order valence-electron chi connectivity index (χ2n) is 4.50. The van der Waals surface area contributed by atoms with Gasteiger partial charge in [-0.15, -0.1) is 0 Å². The largest absolute Gasteiger partial charge is 0.493 e. The Labute approximate surface area is 101 Å². The molecule has 1 aliphatic carbocycles. The van der Waals surface area contributed by atoms with Crippen molar-refractivity contribution in [2.75, 3.05) is 25.1 Å². The lowest BCUT2D eigenvalue weighted by Crippen LogP contribution is -2.22. The summed E-state index contributed by atoms with van der Waals surface area (Å²) in [5.74, 6) is 1.64. The van der Waals surface area contributed by atoms with Gasteiger partial charge in [-0.05, 0) is 43.0 Å². The Morgan fingerprint density at radius 1 is 1.29 bits per heavy atom. The van der Waals surface area contributed by atoms with Gasteiger partial charge in [0.2, 0.25) is 0 Å². The maximum absolute atomic E-state index is 9.19. The molecule has 0 amide bonds. The molecule has 1 atom stereocenters. The molecule has 3 N–H and O–H groups in total. The van der Waals surface area contributed by atoms with Crippen LogP contribution in [0.3, 0.4) is 0 Å². The normalized spacial score (nSPS) is 16.6. The summed E-state index contributed by atoms with van der Waals surface area (Å²) in [6, 6.07) is 7.64. The fraction of sp³-hybridized carbons (Fsp3) is 0.538. The lowest BCUT2D eigenvalue weighted by Gasteiger charge is -2.11. The second kappa shape index (κ2) is 5.89. The van der Waals surface area contributed by atoms with Crippen LogP contribution in [-0.4, -0.2) is 36.1 Å². The van der Waals surface area contributed by atoms with Gasteiger partial charge in [-0.25, -0.2) is 0 Å². The molecule has 1 aromatic rings. The van der Waals surface area contributed by atoms with Crippen molar-refractivity contribution in [2.45, 2.75) is 18.9 Å². The molecule has 0 aliphatic heterocycles. The summed E-state index contributed by atoms with van der Waals surface area (Å²) in [5.41, 5.74) is 0.913. The van der Waals surface area contributed by atoms with Gasteiger partial charge in [0.25, 0.3) is 0 Å². The van der Waals surface area contributed by atoms with Crippen molar-refractivity contribution in [1.82, 2.24) is 0 Å². The number of anilines is 1. The highest BCUT2D eigenvalue weighted by Gasteiger charge is 2.21. The van der Waals surface area contributed by atoms with Gasteiger partial charge in [-0.3, -0.25) is 0 Å². The molecule has 0 saturated heterocycles. The standard InChI is InChI=1S/C13H19NO3/c15-8-12(16)7-14-11-3-5-13(6-4-11)17-9-10-1-2-10/h3-6,10,12,14-16H,1-2,7-9H2/t12-/m1/s1. The van der Waals surface area contributed by atoms with E-state index in [-0.39, 0.29) is 6.61 Å². The Kier molecular flexibility index (Phi) is 4.23. The Balaban J connectivity index is 1.75. The zero-order chi connectivity index (χ0) is 12.1. The molecule has 1 saturated carbocycles. The van der Waals surface area contributed by atoms with Crippen molar-refractivity contribution in [2.24, 2.45) is 5.92 Å². The van der Waals surface area contributed by atoms with E-state index in [1.807, 2.05) is 24.3 Å². The number of rotatable bonds is 7. The topological polar surface area (TPSA) is 61.7 Å². The summed E-state index contributed by atoms with van der Waals surface area (Å²) >= 11 is 0. The van der Waals surface area contributed by atoms with E-state index in [0.717, 1.165) is 24.0 Å². The Bertz CT molecular complexity index is 335. The highest BCUT2D eigenvalue weighted by molar-refractivity contribution is 5.46. The number of nitrogens with one attached hydrogen (secondary N) is 1. The van der Waals surface area contributed by atoms with Gasteiger partial charge >= 0.3 is 0 Å². The van der Waals surface area contributed by atoms with E-state index in [2.05, 4.69) is 5.32 Å². The van der Waals surface area contributed by atoms with E-state index in [9.17, 15) is 5.11 Å². The average molecular weight is 237 g/mol. The summed E-state index contributed by atoms with van der Waals surface area (Å²) in [4.78, 5) is 0. The first-order valence-electron chi connectivity index (χ1n) is 6.03. The van der Waals surface area contributed by atoms with Crippen molar-refractivity contribution in [3.05, 3.63) is 24.3 Å². The first kappa shape index (κ1) is 12.2. The first-order valence-corrected chi connectivity index (χ1v) is 6.03. The van der Waals surface area contributed by atoms with Crippen LogP contribution < -0.4 is 10.1 Å². The summed E-state index contributed by atoms with van der Waals surface area (Å²) in [7, 11) is 0. The smallest absolute Gasteiger partial charge is 0.119 e. The fourth-order valence-electron chi connectivity index (χ4n) is 1.47. The van der Waals surface area contributed by atoms with E-state index in [1.54, 1.807) is 0 Å². The molecule has 0 radical (unpaired) electrons. The quantitative estimate of drug-likeness (QED) is 0.667. The van der Waals surface area contributed by atoms with Crippen LogP contribution in [0, 0.1) is 5.92 Å². The van der Waals surface area contributed by atoms with Crippen LogP contribution in [0.5, 0.6) is 5.75 Å². The molecule has 17 heavy (non-hydrogen) atoms. The van der Waals surface area contributed by atoms with E-state index in [1.165, 1.54) is 12.8 Å². The number of hydrogen-bond donors (Lipinski definition) is 3. The van der Waals surface area contributed by atoms with Crippen LogP contribution in [0.1, 0.15) is 12.8 Å². The summed E-state index contributed by atoms with van der Waals surface area (Å²) in [6.45, 7) is 0.935. The molecule has 4 heteroatoms. The van der Waals surface area contributed by atoms with Gasteiger partial charge in [0.1, 0.15) is 5.75 Å². The molecule has 0 aromatic heterocycles. The SMILES string of the molecule is OC[C@H](O)CNc1ccc(OCC2CC2)cc1. The lowest BCUT2D eigenvalue weighted by atomic mass is 10.3. The lowest BCUT2D eigenvalue weighted by molar-refractivity contribution is 0.105. The molecule has 0 bridgehead atoms. The predicted molar refractivity (Wildman–Crippen MR) is 66.2 cm³/mol. The first-order chi connectivity index (χ1) is 8.28. The molecule has 0 heterocycles. The molecule has 0 spiro atoms. The van der Waals surface area contributed by atoms with Crippen LogP contribution in [0.2, 0.25) is 0 Å². The van der Waals surface area contributed by atoms with Crippen LogP contribution in [-0.2, 0) is 0 Å². The second-order valence-corrected chi connectivity index (χ2v) is 4.50. The summed E-state index contributed by atoms with van der Waals surface area (Å²) < 4.78 is 5.61. The van der Waals surface area contributed by atoms with Gasteiger partial charge in [0.05, 0.1) is 19.3 Å². The molecule has 0 unspecified atom stereocenters. The van der Waals surface area contributed by atoms with Crippen molar-refractivity contribution in [3.8, 4) is 5.75 Å². The zero-order valence-electron chi connectivity index (χ0n) is 9.80. The maximum atomic E-state index is 9.19. The number of ether oxygens (including phenoxy) is 1. The summed E-state index contributed by atoms with van der Waals surface area (Å²) in [5, 5.41) is 20.9. The van der Waals surface area contributed by atoms with Crippen LogP contribution in [0.25, 0.3) is 0 Å². The van der Waals surface area contributed by atoms with Crippen LogP contribution >= 0.6 is 0 Å². The zero-order valence-corrected chi connectivity index (χ0v) is 9.80. The third-order valence-electron chi connectivity index (χ3n) is 2.79. The van der Waals surface area contributed by atoms with Crippen molar-refractivity contribution in [1.29, 1.82) is 0 Å². The number of benzene rings is 1. The van der Waals surface area contributed by atoms with Gasteiger partial charge < -0.3 is 20.3 Å². The van der Waals surface area contributed by atoms with Crippen LogP contribution in [0.4, 0.5) is 5.69 Å². The van der Waals surface area contributed by atoms with E-state index >= 15 is 0 Å². The minimum atomic E-state index is -0.721. The Morgan fingerprint density at radius 3 is 2.59 bits per heavy atom. The number of aliphatic hydroxyl groups excluding tert-OH is 2. The average Bonchev–Trinajstić information content (AvgIpc) is 3.18. The van der Waals surface area contributed by atoms with Crippen molar-refractivity contribution >= 4 is 5.69 Å². The maximum Gasteiger partial charge on any atom is 0.119 e. The van der Waals surface area contributed by atoms with Crippen molar-refractivity contribution < 1.29 is 14.9 Å². The number of hydrogen-bond acceptors (Lipinski definition) is 4. The molecule has 4 nitrogen and oxygen atoms in total. The molecule has 1 aromatic carbocycles. The molecular weight excluding hydrogens is 218 g/mol. The van der Waals surface area contributed by atoms with Crippen molar-refractivity contribution in [3.63, 3.8) is 0 Å². The Morgan fingerprint density at radius 2 is 2.00 bits per heavy atom. The highest BCUT2D eigenvalue weighted by Crippen LogP contribution is 2.29. The molecule has 94 valence electrons. The highest BCUT2D eigenvalue weighted by atomic mass is 16.5. The van der Waals surface area contributed by atoms with Gasteiger partial charge in [-0.2, -0.15) is 0 Å². The van der Waals surface area contributed by atoms with E-state index in [0.29, 0.717) is 6.54 Å². The van der Waals surface area contributed by atoms with Gasteiger partial charge in [0.15, 0.2) is 0 Å². The van der Waals surface area contributed by atoms with Crippen LogP contribution in [0.15, 0.2) is 24.3 Å². The monoisotopic (exact) mass is 237 g/mol. The molecule has 1 fully saturated rings. The minimum absolute atomic E-state index is 0.227. The van der Waals surface area contributed by atoms with Gasteiger partial charge in [0, 0.05) is 12.2 Å². The van der Waals surface area contributed by atoms with E-state index < -0.39 is 6.10 Å². The minimum Gasteiger partial charge on any atom is -0.493 e. The Hall–Kier alpha value is -1.26. The third kappa shape index (κ3) is 4.24. The summed E-state index contributed by atoms with van der Waals surface area (Å²) in [6.07, 6.45) is 1.86. The third-order valence-corrected chi connectivity index (χ3v) is 2.79. The molecule has 1 aliphatic rings. The number of aliphatic hydroxyl groups is 2. The molecular formula is C13H19NO3. The molecule has 2 rings (SSSR count). The van der Waals surface area contributed by atoms with E-state index in [4.69, 9.17) is 9.84 Å². The fourth-order valence-corrected chi connectivity index (χ4v) is 1.47. The predicted octanol–water partition coefficient (Wildman–Crippen LogP) is 1.24.